The molecule has 2 saturated heterocycles. The fourth-order valence-electron chi connectivity index (χ4n) is 2.58. The lowest BCUT2D eigenvalue weighted by Gasteiger charge is -2.32. The van der Waals surface area contributed by atoms with Crippen LogP contribution in [-0.4, -0.2) is 68.4 Å². The lowest BCUT2D eigenvalue weighted by Crippen LogP contribution is -2.48. The van der Waals surface area contributed by atoms with E-state index in [0.29, 0.717) is 19.1 Å². The second-order valence-corrected chi connectivity index (χ2v) is 5.30. The van der Waals surface area contributed by atoms with Crippen LogP contribution in [0.3, 0.4) is 0 Å². The smallest absolute Gasteiger partial charge is 0.249 e. The standard InChI is InChI=1S/C13H25N3O3/c1-10(16-4-6-18-7-5-16)9-15-13(17)12-3-2-11(8-14)19-12/h10-12H,2-9,14H2,1H3,(H,15,17)/t10?,11-,12+/m1/s1. The van der Waals surface area contributed by atoms with Gasteiger partial charge in [-0.25, -0.2) is 0 Å². The summed E-state index contributed by atoms with van der Waals surface area (Å²) in [5.74, 6) is -0.00365. The molecule has 0 aliphatic carbocycles. The van der Waals surface area contributed by atoms with Crippen molar-refractivity contribution in [2.45, 2.75) is 38.0 Å². The van der Waals surface area contributed by atoms with Crippen molar-refractivity contribution < 1.29 is 14.3 Å². The van der Waals surface area contributed by atoms with E-state index >= 15 is 0 Å². The zero-order chi connectivity index (χ0) is 13.7. The predicted octanol–water partition coefficient (Wildman–Crippen LogP) is -0.670. The van der Waals surface area contributed by atoms with Gasteiger partial charge in [0.2, 0.25) is 5.91 Å². The molecule has 2 rings (SSSR count). The van der Waals surface area contributed by atoms with Gasteiger partial charge in [0.1, 0.15) is 6.10 Å². The maximum Gasteiger partial charge on any atom is 0.249 e. The van der Waals surface area contributed by atoms with E-state index in [0.717, 1.165) is 39.1 Å². The molecule has 0 radical (unpaired) electrons. The minimum absolute atomic E-state index is 0.00365. The van der Waals surface area contributed by atoms with Crippen LogP contribution in [0.25, 0.3) is 0 Å². The van der Waals surface area contributed by atoms with Gasteiger partial charge in [-0.05, 0) is 19.8 Å². The van der Waals surface area contributed by atoms with Crippen molar-refractivity contribution in [1.29, 1.82) is 0 Å². The third-order valence-electron chi connectivity index (χ3n) is 3.90. The lowest BCUT2D eigenvalue weighted by molar-refractivity contribution is -0.132. The maximum atomic E-state index is 12.0. The van der Waals surface area contributed by atoms with Crippen molar-refractivity contribution in [2.75, 3.05) is 39.4 Å². The molecule has 0 aromatic heterocycles. The molecule has 2 aliphatic rings. The molecular formula is C13H25N3O3. The molecule has 6 heteroatoms. The Hall–Kier alpha value is -0.690. The summed E-state index contributed by atoms with van der Waals surface area (Å²) >= 11 is 0. The van der Waals surface area contributed by atoms with E-state index in [2.05, 4.69) is 17.1 Å². The predicted molar refractivity (Wildman–Crippen MR) is 71.8 cm³/mol. The SMILES string of the molecule is CC(CNC(=O)[C@@H]1CC[C@H](CN)O1)N1CCOCC1. The Morgan fingerprint density at radius 1 is 1.42 bits per heavy atom. The minimum atomic E-state index is -0.314. The van der Waals surface area contributed by atoms with Crippen molar-refractivity contribution in [1.82, 2.24) is 10.2 Å². The highest BCUT2D eigenvalue weighted by molar-refractivity contribution is 5.81. The summed E-state index contributed by atoms with van der Waals surface area (Å²) in [6.07, 6.45) is 1.39. The number of rotatable bonds is 5. The average Bonchev–Trinajstić information content (AvgIpc) is 2.94. The van der Waals surface area contributed by atoms with Crippen molar-refractivity contribution in [3.05, 3.63) is 0 Å². The van der Waals surface area contributed by atoms with Gasteiger partial charge in [0.25, 0.3) is 0 Å². The Morgan fingerprint density at radius 3 is 2.79 bits per heavy atom. The quantitative estimate of drug-likeness (QED) is 0.693. The Morgan fingerprint density at radius 2 is 2.16 bits per heavy atom. The second kappa shape index (κ2) is 7.19. The third-order valence-corrected chi connectivity index (χ3v) is 3.90. The Bertz CT molecular complexity index is 295. The average molecular weight is 271 g/mol. The highest BCUT2D eigenvalue weighted by Gasteiger charge is 2.30. The first kappa shape index (κ1) is 14.7. The van der Waals surface area contributed by atoms with E-state index < -0.39 is 0 Å². The molecule has 0 aromatic rings. The second-order valence-electron chi connectivity index (χ2n) is 5.30. The first-order valence-corrected chi connectivity index (χ1v) is 7.15. The first-order chi connectivity index (χ1) is 9.20. The highest BCUT2D eigenvalue weighted by atomic mass is 16.5. The molecule has 1 unspecified atom stereocenters. The normalized spacial score (nSPS) is 30.2. The number of hydrogen-bond acceptors (Lipinski definition) is 5. The highest BCUT2D eigenvalue weighted by Crippen LogP contribution is 2.18. The number of nitrogens with two attached hydrogens (primary N) is 1. The van der Waals surface area contributed by atoms with Crippen molar-refractivity contribution in [3.63, 3.8) is 0 Å². The molecule has 2 heterocycles. The number of nitrogens with one attached hydrogen (secondary N) is 1. The van der Waals surface area contributed by atoms with Crippen LogP contribution in [-0.2, 0) is 14.3 Å². The Labute approximate surface area is 114 Å². The van der Waals surface area contributed by atoms with Gasteiger partial charge in [-0.3, -0.25) is 9.69 Å². The molecule has 2 aliphatic heterocycles. The van der Waals surface area contributed by atoms with Crippen LogP contribution in [0.1, 0.15) is 19.8 Å². The summed E-state index contributed by atoms with van der Waals surface area (Å²) in [6, 6.07) is 0.333. The lowest BCUT2D eigenvalue weighted by atomic mass is 10.2. The Kier molecular flexibility index (Phi) is 5.57. The summed E-state index contributed by atoms with van der Waals surface area (Å²) in [4.78, 5) is 14.3. The molecule has 2 fully saturated rings. The zero-order valence-electron chi connectivity index (χ0n) is 11.6. The van der Waals surface area contributed by atoms with Crippen molar-refractivity contribution in [2.24, 2.45) is 5.73 Å². The molecule has 6 nitrogen and oxygen atoms in total. The largest absolute Gasteiger partial charge is 0.379 e. The van der Waals surface area contributed by atoms with Crippen LogP contribution >= 0.6 is 0 Å². The van der Waals surface area contributed by atoms with Gasteiger partial charge in [-0.2, -0.15) is 0 Å². The van der Waals surface area contributed by atoms with E-state index in [1.165, 1.54) is 0 Å². The fraction of sp³-hybridized carbons (Fsp3) is 0.923. The monoisotopic (exact) mass is 271 g/mol. The molecule has 19 heavy (non-hydrogen) atoms. The first-order valence-electron chi connectivity index (χ1n) is 7.15. The number of hydrogen-bond donors (Lipinski definition) is 2. The fourth-order valence-corrected chi connectivity index (χ4v) is 2.58. The van der Waals surface area contributed by atoms with Crippen LogP contribution in [0.15, 0.2) is 0 Å². The van der Waals surface area contributed by atoms with Crippen LogP contribution in [0.5, 0.6) is 0 Å². The topological polar surface area (TPSA) is 76.8 Å². The summed E-state index contributed by atoms with van der Waals surface area (Å²) in [6.45, 7) is 6.71. The molecule has 0 saturated carbocycles. The zero-order valence-corrected chi connectivity index (χ0v) is 11.6. The van der Waals surface area contributed by atoms with Crippen LogP contribution in [0, 0.1) is 0 Å². The van der Waals surface area contributed by atoms with E-state index in [1.807, 2.05) is 0 Å². The minimum Gasteiger partial charge on any atom is -0.379 e. The van der Waals surface area contributed by atoms with E-state index in [4.69, 9.17) is 15.2 Å². The van der Waals surface area contributed by atoms with E-state index in [9.17, 15) is 4.79 Å². The molecule has 3 N–H and O–H groups in total. The van der Waals surface area contributed by atoms with Crippen LogP contribution in [0.4, 0.5) is 0 Å². The molecule has 0 aromatic carbocycles. The third kappa shape index (κ3) is 4.14. The molecule has 0 bridgehead atoms. The summed E-state index contributed by atoms with van der Waals surface area (Å²) in [5, 5.41) is 2.98. The van der Waals surface area contributed by atoms with Gasteiger partial charge < -0.3 is 20.5 Å². The van der Waals surface area contributed by atoms with Crippen LogP contribution < -0.4 is 11.1 Å². The maximum absolute atomic E-state index is 12.0. The number of morpholine rings is 1. The van der Waals surface area contributed by atoms with Gasteiger partial charge in [-0.1, -0.05) is 0 Å². The van der Waals surface area contributed by atoms with E-state index in [-0.39, 0.29) is 18.1 Å². The van der Waals surface area contributed by atoms with Crippen molar-refractivity contribution >= 4 is 5.91 Å². The van der Waals surface area contributed by atoms with Gasteiger partial charge in [-0.15, -0.1) is 0 Å². The molecular weight excluding hydrogens is 246 g/mol. The van der Waals surface area contributed by atoms with Crippen molar-refractivity contribution in [3.8, 4) is 0 Å². The van der Waals surface area contributed by atoms with Gasteiger partial charge in [0.15, 0.2) is 0 Å². The number of amides is 1. The molecule has 3 atom stereocenters. The molecule has 110 valence electrons. The number of carbonyl (C=O) groups excluding carboxylic acids is 1. The van der Waals surface area contributed by atoms with E-state index in [1.54, 1.807) is 0 Å². The molecule has 1 amide bonds. The summed E-state index contributed by atoms with van der Waals surface area (Å²) in [7, 11) is 0. The Balaban J connectivity index is 1.68. The van der Waals surface area contributed by atoms with Gasteiger partial charge >= 0.3 is 0 Å². The number of nitrogens with zero attached hydrogens (tertiary/aromatic N) is 1. The van der Waals surface area contributed by atoms with Gasteiger partial charge in [0, 0.05) is 32.2 Å². The summed E-state index contributed by atoms with van der Waals surface area (Å²) in [5.41, 5.74) is 5.54. The number of carbonyl (C=O) groups is 1. The van der Waals surface area contributed by atoms with Gasteiger partial charge in [0.05, 0.1) is 19.3 Å². The molecule has 0 spiro atoms. The number of ether oxygens (including phenoxy) is 2. The van der Waals surface area contributed by atoms with Crippen LogP contribution in [0.2, 0.25) is 0 Å². The summed E-state index contributed by atoms with van der Waals surface area (Å²) < 4.78 is 10.9.